The molecule has 7 nitrogen and oxygen atoms in total. The lowest BCUT2D eigenvalue weighted by atomic mass is 9.73. The number of halogens is 2. The number of benzene rings is 1. The van der Waals surface area contributed by atoms with E-state index >= 15 is 4.39 Å². The summed E-state index contributed by atoms with van der Waals surface area (Å²) in [5, 5.41) is 0.147. The molecule has 1 aromatic rings. The zero-order valence-corrected chi connectivity index (χ0v) is 26.4. The Labute approximate surface area is 231 Å². The van der Waals surface area contributed by atoms with Crippen LogP contribution in [0.15, 0.2) is 23.2 Å². The van der Waals surface area contributed by atoms with E-state index in [2.05, 4.69) is 19.6 Å². The molecule has 0 radical (unpaired) electrons. The van der Waals surface area contributed by atoms with Gasteiger partial charge in [-0.25, -0.2) is 18.5 Å². The van der Waals surface area contributed by atoms with Crippen molar-refractivity contribution in [1.29, 1.82) is 0 Å². The first-order valence-corrected chi connectivity index (χ1v) is 17.3. The third-order valence-electron chi connectivity index (χ3n) is 6.69. The van der Waals surface area contributed by atoms with E-state index in [0.717, 1.165) is 23.9 Å². The molecule has 0 fully saturated rings. The Hall–Kier alpha value is -1.98. The number of rotatable bonds is 7. The van der Waals surface area contributed by atoms with Crippen LogP contribution in [0.3, 0.4) is 0 Å². The van der Waals surface area contributed by atoms with Crippen LogP contribution in [-0.4, -0.2) is 72.8 Å². The first-order valence-electron chi connectivity index (χ1n) is 12.8. The third kappa shape index (κ3) is 7.35. The Morgan fingerprint density at radius 3 is 2.29 bits per heavy atom. The summed E-state index contributed by atoms with van der Waals surface area (Å²) < 4.78 is 40.0. The lowest BCUT2D eigenvalue weighted by Crippen LogP contribution is -2.57. The van der Waals surface area contributed by atoms with E-state index in [1.807, 2.05) is 0 Å². The fourth-order valence-electron chi connectivity index (χ4n) is 4.15. The monoisotopic (exact) mass is 571 g/mol. The van der Waals surface area contributed by atoms with Crippen LogP contribution < -0.4 is 0 Å². The van der Waals surface area contributed by atoms with Crippen LogP contribution in [0.25, 0.3) is 0 Å². The molecule has 3 atom stereocenters. The van der Waals surface area contributed by atoms with Gasteiger partial charge in [0.05, 0.1) is 5.54 Å². The van der Waals surface area contributed by atoms with Crippen molar-refractivity contribution in [3.05, 3.63) is 35.4 Å². The highest BCUT2D eigenvalue weighted by molar-refractivity contribution is 8.15. The standard InChI is InChI=1S/C27H43F2N3O4SSi/c1-18-26(5,19-13-12-14-20(28)21(19)29)30-23(37-27(18,6)22(33)31(7)8)32(24(34)36-25(2,3)4)17-35-15-16-38(9,10)11/h12-14,18H,15-17H2,1-11H3/t18?,26-,27-/m0/s1. The van der Waals surface area contributed by atoms with Gasteiger partial charge in [0.15, 0.2) is 16.8 Å². The second-order valence-corrected chi connectivity index (χ2v) is 19.6. The number of amides is 2. The topological polar surface area (TPSA) is 71.4 Å². The van der Waals surface area contributed by atoms with Crippen LogP contribution in [0, 0.1) is 17.6 Å². The summed E-state index contributed by atoms with van der Waals surface area (Å²) in [6, 6.07) is 4.81. The minimum Gasteiger partial charge on any atom is -0.443 e. The van der Waals surface area contributed by atoms with E-state index in [9.17, 15) is 14.0 Å². The van der Waals surface area contributed by atoms with Crippen LogP contribution >= 0.6 is 11.8 Å². The lowest BCUT2D eigenvalue weighted by molar-refractivity contribution is -0.132. The zero-order valence-electron chi connectivity index (χ0n) is 24.6. The molecule has 1 aliphatic rings. The van der Waals surface area contributed by atoms with Crippen LogP contribution in [0.4, 0.5) is 13.6 Å². The second kappa shape index (κ2) is 11.6. The molecule has 1 unspecified atom stereocenters. The van der Waals surface area contributed by atoms with Crippen molar-refractivity contribution in [2.24, 2.45) is 10.9 Å². The molecule has 38 heavy (non-hydrogen) atoms. The van der Waals surface area contributed by atoms with Crippen molar-refractivity contribution < 1.29 is 27.8 Å². The highest BCUT2D eigenvalue weighted by Crippen LogP contribution is 2.52. The third-order valence-corrected chi connectivity index (χ3v) is 9.84. The summed E-state index contributed by atoms with van der Waals surface area (Å²) in [7, 11) is 1.88. The Balaban J connectivity index is 2.69. The molecule has 1 heterocycles. The summed E-state index contributed by atoms with van der Waals surface area (Å²) in [5.41, 5.74) is -2.18. The summed E-state index contributed by atoms with van der Waals surface area (Å²) in [6.07, 6.45) is -0.701. The minimum absolute atomic E-state index is 0.00405. The lowest BCUT2D eigenvalue weighted by Gasteiger charge is -2.48. The number of carbonyl (C=O) groups excluding carboxylic acids is 2. The molecule has 0 spiro atoms. The predicted molar refractivity (Wildman–Crippen MR) is 152 cm³/mol. The quantitative estimate of drug-likeness (QED) is 0.218. The maximum absolute atomic E-state index is 15.2. The summed E-state index contributed by atoms with van der Waals surface area (Å²) in [6.45, 7) is 17.4. The molecule has 2 amide bonds. The van der Waals surface area contributed by atoms with Gasteiger partial charge in [0.2, 0.25) is 5.91 Å². The van der Waals surface area contributed by atoms with Gasteiger partial charge in [-0.05, 0) is 46.7 Å². The molecule has 1 aliphatic heterocycles. The van der Waals surface area contributed by atoms with Crippen molar-refractivity contribution in [1.82, 2.24) is 9.80 Å². The van der Waals surface area contributed by atoms with E-state index < -0.39 is 47.6 Å². The van der Waals surface area contributed by atoms with Crippen molar-refractivity contribution in [3.8, 4) is 0 Å². The first kappa shape index (κ1) is 32.2. The fraction of sp³-hybridized carbons (Fsp3) is 0.667. The van der Waals surface area contributed by atoms with Crippen LogP contribution in [0.5, 0.6) is 0 Å². The Morgan fingerprint density at radius 1 is 1.16 bits per heavy atom. The predicted octanol–water partition coefficient (Wildman–Crippen LogP) is 6.32. The van der Waals surface area contributed by atoms with Crippen LogP contribution in [0.2, 0.25) is 25.7 Å². The van der Waals surface area contributed by atoms with Gasteiger partial charge >= 0.3 is 6.09 Å². The molecule has 214 valence electrons. The SMILES string of the molecule is CC1[C@@](C)(C(=O)N(C)C)SC(N(COCC[Si](C)(C)C)C(=O)OC(C)(C)C)=N[C@]1(C)c1cccc(F)c1F. The molecular formula is C27H43F2N3O4SSi. The fourth-order valence-corrected chi connectivity index (χ4v) is 6.43. The van der Waals surface area contributed by atoms with Crippen molar-refractivity contribution >= 4 is 37.0 Å². The Kier molecular flexibility index (Phi) is 9.87. The molecular weight excluding hydrogens is 528 g/mol. The van der Waals surface area contributed by atoms with Gasteiger partial charge < -0.3 is 14.4 Å². The summed E-state index contributed by atoms with van der Waals surface area (Å²) in [4.78, 5) is 34.5. The average molecular weight is 572 g/mol. The van der Waals surface area contributed by atoms with Gasteiger partial charge in [0, 0.05) is 40.3 Å². The molecule has 0 bridgehead atoms. The highest BCUT2D eigenvalue weighted by atomic mass is 32.2. The van der Waals surface area contributed by atoms with Gasteiger partial charge in [-0.1, -0.05) is 50.5 Å². The van der Waals surface area contributed by atoms with E-state index in [0.29, 0.717) is 6.61 Å². The number of carbonyl (C=O) groups is 2. The normalized spacial score (nSPS) is 24.0. The summed E-state index contributed by atoms with van der Waals surface area (Å²) >= 11 is 1.11. The second-order valence-electron chi connectivity index (χ2n) is 12.5. The minimum atomic E-state index is -1.40. The maximum atomic E-state index is 15.2. The largest absolute Gasteiger partial charge is 0.443 e. The highest BCUT2D eigenvalue weighted by Gasteiger charge is 2.56. The number of aliphatic imine (C=N–C) groups is 1. The zero-order chi connectivity index (χ0) is 29.3. The Morgan fingerprint density at radius 2 is 1.76 bits per heavy atom. The maximum Gasteiger partial charge on any atom is 0.418 e. The van der Waals surface area contributed by atoms with Gasteiger partial charge in [0.25, 0.3) is 0 Å². The molecule has 0 aromatic heterocycles. The van der Waals surface area contributed by atoms with Gasteiger partial charge in [0.1, 0.15) is 17.1 Å². The molecule has 0 saturated carbocycles. The number of amidine groups is 1. The number of thioether (sulfide) groups is 1. The van der Waals surface area contributed by atoms with Crippen molar-refractivity contribution in [2.75, 3.05) is 27.4 Å². The number of nitrogens with zero attached hydrogens (tertiary/aromatic N) is 3. The average Bonchev–Trinajstić information content (AvgIpc) is 2.76. The number of ether oxygens (including phenoxy) is 2. The van der Waals surface area contributed by atoms with E-state index in [4.69, 9.17) is 14.5 Å². The van der Waals surface area contributed by atoms with Crippen LogP contribution in [-0.2, 0) is 19.8 Å². The smallest absolute Gasteiger partial charge is 0.418 e. The molecule has 0 aliphatic carbocycles. The van der Waals surface area contributed by atoms with E-state index in [1.54, 1.807) is 55.6 Å². The molecule has 11 heteroatoms. The number of hydrogen-bond acceptors (Lipinski definition) is 6. The molecule has 2 rings (SSSR count). The van der Waals surface area contributed by atoms with Gasteiger partial charge in [-0.3, -0.25) is 9.79 Å². The Bertz CT molecular complexity index is 1070. The van der Waals surface area contributed by atoms with Gasteiger partial charge in [-0.15, -0.1) is 0 Å². The van der Waals surface area contributed by atoms with Crippen molar-refractivity contribution in [2.45, 2.75) is 83.1 Å². The molecule has 0 N–H and O–H groups in total. The number of hydrogen-bond donors (Lipinski definition) is 0. The van der Waals surface area contributed by atoms with E-state index in [-0.39, 0.29) is 23.4 Å². The van der Waals surface area contributed by atoms with Gasteiger partial charge in [-0.2, -0.15) is 0 Å². The summed E-state index contributed by atoms with van der Waals surface area (Å²) in [5.74, 6) is -2.87. The molecule has 0 saturated heterocycles. The van der Waals surface area contributed by atoms with Crippen LogP contribution in [0.1, 0.15) is 47.1 Å². The molecule has 1 aromatic carbocycles. The van der Waals surface area contributed by atoms with E-state index in [1.165, 1.54) is 21.9 Å². The first-order chi connectivity index (χ1) is 17.2. The van der Waals surface area contributed by atoms with Crippen molar-refractivity contribution in [3.63, 3.8) is 0 Å².